The lowest BCUT2D eigenvalue weighted by molar-refractivity contribution is 0.474. The third-order valence-electron chi connectivity index (χ3n) is 2.61. The van der Waals surface area contributed by atoms with Gasteiger partial charge in [-0.3, -0.25) is 0 Å². The van der Waals surface area contributed by atoms with E-state index >= 15 is 0 Å². The van der Waals surface area contributed by atoms with Crippen LogP contribution in [0.1, 0.15) is 5.56 Å². The van der Waals surface area contributed by atoms with Crippen molar-refractivity contribution in [3.63, 3.8) is 0 Å². The highest BCUT2D eigenvalue weighted by atomic mass is 79.9. The Kier molecular flexibility index (Phi) is 5.16. The first kappa shape index (κ1) is 16.6. The van der Waals surface area contributed by atoms with Crippen molar-refractivity contribution >= 4 is 49.2 Å². The Bertz CT molecular complexity index is 758. The van der Waals surface area contributed by atoms with Gasteiger partial charge in [-0.2, -0.15) is 0 Å². The Morgan fingerprint density at radius 3 is 2.33 bits per heavy atom. The van der Waals surface area contributed by atoms with Gasteiger partial charge in [0.1, 0.15) is 10.6 Å². The van der Waals surface area contributed by atoms with Crippen LogP contribution in [-0.4, -0.2) is 13.5 Å². The molecule has 0 aliphatic carbocycles. The lowest BCUT2D eigenvalue weighted by Gasteiger charge is -2.11. The fraction of sp³-hybridized carbons (Fsp3) is 0.0769. The molecule has 0 aliphatic heterocycles. The van der Waals surface area contributed by atoms with Crippen molar-refractivity contribution in [2.45, 2.75) is 11.4 Å². The van der Waals surface area contributed by atoms with Gasteiger partial charge in [0.15, 0.2) is 0 Å². The zero-order chi connectivity index (χ0) is 15.6. The van der Waals surface area contributed by atoms with Crippen LogP contribution in [0.15, 0.2) is 45.8 Å². The van der Waals surface area contributed by atoms with Crippen molar-refractivity contribution in [3.05, 3.63) is 56.5 Å². The van der Waals surface area contributed by atoms with Gasteiger partial charge in [0.2, 0.25) is 10.0 Å². The van der Waals surface area contributed by atoms with Gasteiger partial charge in [0, 0.05) is 11.0 Å². The van der Waals surface area contributed by atoms with Crippen LogP contribution in [0.4, 0.5) is 0 Å². The zero-order valence-corrected chi connectivity index (χ0v) is 14.4. The number of rotatable bonds is 4. The monoisotopic (exact) mass is 409 g/mol. The first-order valence-electron chi connectivity index (χ1n) is 5.72. The highest BCUT2D eigenvalue weighted by molar-refractivity contribution is 9.10. The molecule has 0 unspecified atom stereocenters. The number of aromatic hydroxyl groups is 1. The summed E-state index contributed by atoms with van der Waals surface area (Å²) in [5.74, 6) is 0.0615. The van der Waals surface area contributed by atoms with E-state index in [-0.39, 0.29) is 27.2 Å². The van der Waals surface area contributed by atoms with Crippen molar-refractivity contribution < 1.29 is 13.5 Å². The number of hydrogen-bond acceptors (Lipinski definition) is 3. The van der Waals surface area contributed by atoms with Crippen LogP contribution in [-0.2, 0) is 16.6 Å². The largest absolute Gasteiger partial charge is 0.508 e. The van der Waals surface area contributed by atoms with Gasteiger partial charge in [0.05, 0.1) is 10.0 Å². The molecular weight excluding hydrogens is 401 g/mol. The maximum Gasteiger partial charge on any atom is 0.243 e. The molecule has 0 bridgehead atoms. The molecule has 0 aliphatic rings. The summed E-state index contributed by atoms with van der Waals surface area (Å²) in [5.41, 5.74) is 0.614. The van der Waals surface area contributed by atoms with Crippen LogP contribution in [0.3, 0.4) is 0 Å². The molecule has 4 nitrogen and oxygen atoms in total. The molecule has 0 radical (unpaired) electrons. The number of nitrogens with one attached hydrogen (secondary N) is 1. The molecule has 0 atom stereocenters. The zero-order valence-electron chi connectivity index (χ0n) is 10.5. The van der Waals surface area contributed by atoms with Crippen molar-refractivity contribution in [2.24, 2.45) is 0 Å². The van der Waals surface area contributed by atoms with E-state index in [1.807, 2.05) is 0 Å². The molecule has 2 aromatic rings. The van der Waals surface area contributed by atoms with Gasteiger partial charge in [-0.1, -0.05) is 51.3 Å². The first-order valence-corrected chi connectivity index (χ1v) is 8.75. The van der Waals surface area contributed by atoms with Crippen molar-refractivity contribution in [1.82, 2.24) is 4.72 Å². The van der Waals surface area contributed by atoms with E-state index in [9.17, 15) is 13.5 Å². The quantitative estimate of drug-likeness (QED) is 0.802. The number of halogens is 3. The molecule has 0 aromatic heterocycles. The molecule has 0 saturated heterocycles. The maximum absolute atomic E-state index is 12.3. The molecular formula is C13H10BrCl2NO3S. The van der Waals surface area contributed by atoms with Gasteiger partial charge >= 0.3 is 0 Å². The van der Waals surface area contributed by atoms with Gasteiger partial charge in [0.25, 0.3) is 0 Å². The predicted molar refractivity (Wildman–Crippen MR) is 86.3 cm³/mol. The van der Waals surface area contributed by atoms with Crippen LogP contribution < -0.4 is 4.72 Å². The van der Waals surface area contributed by atoms with E-state index in [0.717, 1.165) is 0 Å². The Labute approximate surface area is 140 Å². The molecule has 2 N–H and O–H groups in total. The number of benzene rings is 2. The second-order valence-electron chi connectivity index (χ2n) is 4.19. The molecule has 112 valence electrons. The van der Waals surface area contributed by atoms with Crippen LogP contribution >= 0.6 is 39.1 Å². The fourth-order valence-corrected chi connectivity index (χ4v) is 4.65. The van der Waals surface area contributed by atoms with Gasteiger partial charge < -0.3 is 5.11 Å². The van der Waals surface area contributed by atoms with Crippen molar-refractivity contribution in [1.29, 1.82) is 0 Å². The standard InChI is InChI=1S/C13H10BrCl2NO3S/c14-9-5-11(15)13(12(16)6-9)21(19,20)17-7-8-2-1-3-10(18)4-8/h1-6,17-18H,7H2. The minimum absolute atomic E-state index is 0.0133. The SMILES string of the molecule is O=S(=O)(NCc1cccc(O)c1)c1c(Cl)cc(Br)cc1Cl. The summed E-state index contributed by atoms with van der Waals surface area (Å²) >= 11 is 15.1. The number of phenols is 1. The van der Waals surface area contributed by atoms with E-state index in [0.29, 0.717) is 10.0 Å². The normalized spacial score (nSPS) is 11.6. The smallest absolute Gasteiger partial charge is 0.243 e. The summed E-state index contributed by atoms with van der Waals surface area (Å²) < 4.78 is 27.6. The molecule has 2 rings (SSSR count). The predicted octanol–water partition coefficient (Wildman–Crippen LogP) is 3.94. The lowest BCUT2D eigenvalue weighted by atomic mass is 10.2. The van der Waals surface area contributed by atoms with Crippen LogP contribution in [0.25, 0.3) is 0 Å². The summed E-state index contributed by atoms with van der Waals surface area (Å²) in [5, 5.41) is 9.41. The molecule has 0 amide bonds. The average Bonchev–Trinajstić information content (AvgIpc) is 2.35. The Morgan fingerprint density at radius 2 is 1.76 bits per heavy atom. The first-order chi connectivity index (χ1) is 9.79. The van der Waals surface area contributed by atoms with E-state index < -0.39 is 10.0 Å². The third-order valence-corrected chi connectivity index (χ3v) is 5.39. The van der Waals surface area contributed by atoms with Crippen LogP contribution in [0, 0.1) is 0 Å². The second kappa shape index (κ2) is 6.54. The topological polar surface area (TPSA) is 66.4 Å². The summed E-state index contributed by atoms with van der Waals surface area (Å²) in [6.07, 6.45) is 0. The molecule has 0 heterocycles. The summed E-state index contributed by atoms with van der Waals surface area (Å²) in [4.78, 5) is -0.172. The molecule has 0 fully saturated rings. The van der Waals surface area contributed by atoms with E-state index in [1.54, 1.807) is 12.1 Å². The summed E-state index contributed by atoms with van der Waals surface area (Å²) in [6.45, 7) is 0.0133. The maximum atomic E-state index is 12.3. The number of phenolic OH excluding ortho intramolecular Hbond substituents is 1. The third kappa shape index (κ3) is 4.11. The number of sulfonamides is 1. The molecule has 0 saturated carbocycles. The van der Waals surface area contributed by atoms with E-state index in [4.69, 9.17) is 23.2 Å². The minimum Gasteiger partial charge on any atom is -0.508 e. The highest BCUT2D eigenvalue weighted by Gasteiger charge is 2.22. The van der Waals surface area contributed by atoms with Crippen LogP contribution in [0.5, 0.6) is 5.75 Å². The molecule has 0 spiro atoms. The highest BCUT2D eigenvalue weighted by Crippen LogP contribution is 2.32. The lowest BCUT2D eigenvalue weighted by Crippen LogP contribution is -2.23. The Balaban J connectivity index is 2.27. The van der Waals surface area contributed by atoms with E-state index in [1.165, 1.54) is 24.3 Å². The second-order valence-corrected chi connectivity index (χ2v) is 7.63. The van der Waals surface area contributed by atoms with E-state index in [2.05, 4.69) is 20.7 Å². The van der Waals surface area contributed by atoms with Crippen molar-refractivity contribution in [3.8, 4) is 5.75 Å². The summed E-state index contributed by atoms with van der Waals surface area (Å²) in [6, 6.07) is 9.19. The van der Waals surface area contributed by atoms with Gasteiger partial charge in [-0.05, 0) is 29.8 Å². The molecule has 8 heteroatoms. The van der Waals surface area contributed by atoms with Crippen LogP contribution in [0.2, 0.25) is 10.0 Å². The van der Waals surface area contributed by atoms with Gasteiger partial charge in [-0.15, -0.1) is 0 Å². The molecule has 2 aromatic carbocycles. The average molecular weight is 411 g/mol. The molecule has 21 heavy (non-hydrogen) atoms. The Hall–Kier alpha value is -0.790. The van der Waals surface area contributed by atoms with Gasteiger partial charge in [-0.25, -0.2) is 13.1 Å². The number of hydrogen-bond donors (Lipinski definition) is 2. The minimum atomic E-state index is -3.87. The Morgan fingerprint density at radius 1 is 1.14 bits per heavy atom. The summed E-state index contributed by atoms with van der Waals surface area (Å²) in [7, 11) is -3.87. The van der Waals surface area contributed by atoms with Crippen molar-refractivity contribution in [2.75, 3.05) is 0 Å². The fourth-order valence-electron chi connectivity index (χ4n) is 1.70.